The lowest BCUT2D eigenvalue weighted by atomic mass is 10.2. The Morgan fingerprint density at radius 3 is 2.54 bits per heavy atom. The molecular formula is C19H24N2O3. The van der Waals surface area contributed by atoms with Gasteiger partial charge in [-0.15, -0.1) is 0 Å². The van der Waals surface area contributed by atoms with Crippen molar-refractivity contribution >= 4 is 17.3 Å². The van der Waals surface area contributed by atoms with E-state index in [0.717, 1.165) is 16.9 Å². The van der Waals surface area contributed by atoms with E-state index in [9.17, 15) is 4.79 Å². The van der Waals surface area contributed by atoms with Crippen molar-refractivity contribution in [1.29, 1.82) is 0 Å². The van der Waals surface area contributed by atoms with E-state index in [0.29, 0.717) is 25.6 Å². The topological polar surface area (TPSA) is 59.6 Å². The molecule has 1 amide bonds. The van der Waals surface area contributed by atoms with Gasteiger partial charge in [-0.3, -0.25) is 4.79 Å². The van der Waals surface area contributed by atoms with Crippen LogP contribution >= 0.6 is 0 Å². The molecule has 0 atom stereocenters. The summed E-state index contributed by atoms with van der Waals surface area (Å²) in [5, 5.41) is 5.96. The van der Waals surface area contributed by atoms with E-state index in [4.69, 9.17) is 9.47 Å². The fraction of sp³-hybridized carbons (Fsp3) is 0.316. The summed E-state index contributed by atoms with van der Waals surface area (Å²) >= 11 is 0. The molecular weight excluding hydrogens is 304 g/mol. The number of hydrogen-bond acceptors (Lipinski definition) is 4. The molecule has 24 heavy (non-hydrogen) atoms. The van der Waals surface area contributed by atoms with E-state index in [1.165, 1.54) is 0 Å². The number of rotatable bonds is 9. The van der Waals surface area contributed by atoms with Crippen molar-refractivity contribution in [2.75, 3.05) is 37.0 Å². The van der Waals surface area contributed by atoms with Crippen LogP contribution in [0, 0.1) is 6.92 Å². The van der Waals surface area contributed by atoms with Crippen molar-refractivity contribution in [2.24, 2.45) is 0 Å². The van der Waals surface area contributed by atoms with Gasteiger partial charge in [-0.2, -0.15) is 0 Å². The van der Waals surface area contributed by atoms with E-state index in [2.05, 4.69) is 10.6 Å². The number of para-hydroxylation sites is 2. The fourth-order valence-corrected chi connectivity index (χ4v) is 2.11. The highest BCUT2D eigenvalue weighted by atomic mass is 16.5. The maximum atomic E-state index is 12.0. The van der Waals surface area contributed by atoms with Crippen LogP contribution in [-0.2, 0) is 9.53 Å². The first-order valence-corrected chi connectivity index (χ1v) is 8.09. The average molecular weight is 328 g/mol. The fourth-order valence-electron chi connectivity index (χ4n) is 2.11. The second kappa shape index (κ2) is 9.57. The van der Waals surface area contributed by atoms with Gasteiger partial charge in [0, 0.05) is 12.3 Å². The molecule has 128 valence electrons. The Hall–Kier alpha value is -2.53. The normalized spacial score (nSPS) is 10.2. The number of hydrogen-bond donors (Lipinski definition) is 2. The maximum Gasteiger partial charge on any atom is 0.243 e. The smallest absolute Gasteiger partial charge is 0.243 e. The summed E-state index contributed by atoms with van der Waals surface area (Å²) in [6.45, 7) is 5.81. The number of carbonyl (C=O) groups excluding carboxylic acids is 1. The Kier molecular flexibility index (Phi) is 7.11. The van der Waals surface area contributed by atoms with Crippen molar-refractivity contribution in [3.05, 3.63) is 54.1 Å². The van der Waals surface area contributed by atoms with E-state index >= 15 is 0 Å². The molecule has 2 aromatic rings. The molecule has 2 aromatic carbocycles. The molecule has 0 heterocycles. The van der Waals surface area contributed by atoms with Gasteiger partial charge in [0.05, 0.1) is 18.8 Å². The highest BCUT2D eigenvalue weighted by molar-refractivity contribution is 5.93. The van der Waals surface area contributed by atoms with Crippen molar-refractivity contribution in [1.82, 2.24) is 0 Å². The standard InChI is InChI=1S/C19H24N2O3/c1-3-23-12-13-24-18-7-5-4-6-17(18)20-14-19(22)21-16-10-8-15(2)9-11-16/h4-11,20H,3,12-14H2,1-2H3,(H,21,22). The zero-order valence-electron chi connectivity index (χ0n) is 14.2. The number of aryl methyl sites for hydroxylation is 1. The molecule has 5 heteroatoms. The molecule has 0 bridgehead atoms. The zero-order valence-corrected chi connectivity index (χ0v) is 14.2. The molecule has 0 unspecified atom stereocenters. The lowest BCUT2D eigenvalue weighted by Gasteiger charge is -2.13. The van der Waals surface area contributed by atoms with Crippen molar-refractivity contribution < 1.29 is 14.3 Å². The third-order valence-electron chi connectivity index (χ3n) is 3.35. The van der Waals surface area contributed by atoms with Gasteiger partial charge in [-0.25, -0.2) is 0 Å². The van der Waals surface area contributed by atoms with Gasteiger partial charge in [0.2, 0.25) is 5.91 Å². The second-order valence-electron chi connectivity index (χ2n) is 5.31. The Bertz CT molecular complexity index is 641. The first-order valence-electron chi connectivity index (χ1n) is 8.09. The maximum absolute atomic E-state index is 12.0. The largest absolute Gasteiger partial charge is 0.489 e. The Morgan fingerprint density at radius 2 is 1.79 bits per heavy atom. The van der Waals surface area contributed by atoms with Crippen LogP contribution in [0.25, 0.3) is 0 Å². The molecule has 2 N–H and O–H groups in total. The number of nitrogens with one attached hydrogen (secondary N) is 2. The molecule has 0 fully saturated rings. The van der Waals surface area contributed by atoms with Crippen LogP contribution in [0.3, 0.4) is 0 Å². The minimum absolute atomic E-state index is 0.108. The van der Waals surface area contributed by atoms with Gasteiger partial charge in [0.1, 0.15) is 12.4 Å². The van der Waals surface area contributed by atoms with Crippen LogP contribution in [0.1, 0.15) is 12.5 Å². The van der Waals surface area contributed by atoms with Crippen LogP contribution in [-0.4, -0.2) is 32.3 Å². The van der Waals surface area contributed by atoms with Crippen LogP contribution in [0.4, 0.5) is 11.4 Å². The Morgan fingerprint density at radius 1 is 1.04 bits per heavy atom. The summed E-state index contributed by atoms with van der Waals surface area (Å²) in [5.41, 5.74) is 2.73. The van der Waals surface area contributed by atoms with Crippen molar-refractivity contribution in [3.8, 4) is 5.75 Å². The molecule has 0 saturated heterocycles. The first kappa shape index (κ1) is 17.8. The molecule has 0 aliphatic rings. The third kappa shape index (κ3) is 5.93. The Balaban J connectivity index is 1.84. The van der Waals surface area contributed by atoms with Crippen LogP contribution in [0.15, 0.2) is 48.5 Å². The lowest BCUT2D eigenvalue weighted by molar-refractivity contribution is -0.114. The molecule has 0 aliphatic carbocycles. The SMILES string of the molecule is CCOCCOc1ccccc1NCC(=O)Nc1ccc(C)cc1. The third-order valence-corrected chi connectivity index (χ3v) is 3.35. The van der Waals surface area contributed by atoms with Crippen molar-refractivity contribution in [3.63, 3.8) is 0 Å². The summed E-state index contributed by atoms with van der Waals surface area (Å²) in [4.78, 5) is 12.0. The highest BCUT2D eigenvalue weighted by Gasteiger charge is 2.06. The number of amides is 1. The molecule has 0 spiro atoms. The summed E-state index contributed by atoms with van der Waals surface area (Å²) in [7, 11) is 0. The predicted octanol–water partition coefficient (Wildman–Crippen LogP) is 3.46. The molecule has 0 saturated carbocycles. The first-order chi connectivity index (χ1) is 11.7. The van der Waals surface area contributed by atoms with Crippen LogP contribution < -0.4 is 15.4 Å². The van der Waals surface area contributed by atoms with Gasteiger partial charge >= 0.3 is 0 Å². The summed E-state index contributed by atoms with van der Waals surface area (Å²) in [5.74, 6) is 0.600. The number of anilines is 2. The van der Waals surface area contributed by atoms with E-state index in [1.807, 2.05) is 62.4 Å². The Labute approximate surface area is 143 Å². The minimum atomic E-state index is -0.108. The van der Waals surface area contributed by atoms with E-state index in [-0.39, 0.29) is 12.5 Å². The van der Waals surface area contributed by atoms with E-state index in [1.54, 1.807) is 0 Å². The number of carbonyl (C=O) groups is 1. The van der Waals surface area contributed by atoms with Gasteiger partial charge < -0.3 is 20.1 Å². The number of benzene rings is 2. The molecule has 0 radical (unpaired) electrons. The van der Waals surface area contributed by atoms with Gasteiger partial charge in [0.15, 0.2) is 0 Å². The van der Waals surface area contributed by atoms with Gasteiger partial charge in [-0.05, 0) is 38.1 Å². The van der Waals surface area contributed by atoms with E-state index < -0.39 is 0 Å². The minimum Gasteiger partial charge on any atom is -0.489 e. The summed E-state index contributed by atoms with van der Waals surface area (Å²) in [6.07, 6.45) is 0. The second-order valence-corrected chi connectivity index (χ2v) is 5.31. The lowest BCUT2D eigenvalue weighted by Crippen LogP contribution is -2.22. The van der Waals surface area contributed by atoms with Gasteiger partial charge in [-0.1, -0.05) is 29.8 Å². The molecule has 0 aliphatic heterocycles. The quantitative estimate of drug-likeness (QED) is 0.692. The average Bonchev–Trinajstić information content (AvgIpc) is 2.60. The monoisotopic (exact) mass is 328 g/mol. The zero-order chi connectivity index (χ0) is 17.2. The van der Waals surface area contributed by atoms with Crippen LogP contribution in [0.2, 0.25) is 0 Å². The molecule has 5 nitrogen and oxygen atoms in total. The highest BCUT2D eigenvalue weighted by Crippen LogP contribution is 2.23. The summed E-state index contributed by atoms with van der Waals surface area (Å²) < 4.78 is 10.9. The predicted molar refractivity (Wildman–Crippen MR) is 96.7 cm³/mol. The molecule has 0 aromatic heterocycles. The van der Waals surface area contributed by atoms with Crippen LogP contribution in [0.5, 0.6) is 5.75 Å². The molecule has 2 rings (SSSR count). The summed E-state index contributed by atoms with van der Waals surface area (Å²) in [6, 6.07) is 15.2. The number of ether oxygens (including phenoxy) is 2. The van der Waals surface area contributed by atoms with Gasteiger partial charge in [0.25, 0.3) is 0 Å². The van der Waals surface area contributed by atoms with Crippen molar-refractivity contribution in [2.45, 2.75) is 13.8 Å².